The second kappa shape index (κ2) is 7.43. The Balaban J connectivity index is 1.40. The summed E-state index contributed by atoms with van der Waals surface area (Å²) in [7, 11) is 0. The summed E-state index contributed by atoms with van der Waals surface area (Å²) < 4.78 is 3.02. The van der Waals surface area contributed by atoms with Gasteiger partial charge in [-0.25, -0.2) is 14.3 Å². The van der Waals surface area contributed by atoms with Crippen LogP contribution in [0.15, 0.2) is 41.0 Å². The number of hydrogen-bond donors (Lipinski definition) is 0. The zero-order chi connectivity index (χ0) is 18.8. The highest BCUT2D eigenvalue weighted by Gasteiger charge is 2.25. The van der Waals surface area contributed by atoms with Gasteiger partial charge in [0.05, 0.1) is 4.88 Å². The zero-order valence-corrected chi connectivity index (χ0v) is 15.8. The normalized spacial score (nSPS) is 15.2. The Labute approximate surface area is 160 Å². The number of carbonyl (C=O) groups excluding carboxylic acids is 1. The molecule has 27 heavy (non-hydrogen) atoms. The van der Waals surface area contributed by atoms with Crippen LogP contribution in [0.3, 0.4) is 0 Å². The Morgan fingerprint density at radius 3 is 2.78 bits per heavy atom. The van der Waals surface area contributed by atoms with Gasteiger partial charge >= 0.3 is 0 Å². The molecule has 0 unspecified atom stereocenters. The summed E-state index contributed by atoms with van der Waals surface area (Å²) >= 11 is 1.50. The van der Waals surface area contributed by atoms with Gasteiger partial charge in [0.2, 0.25) is 0 Å². The van der Waals surface area contributed by atoms with Crippen molar-refractivity contribution < 1.29 is 4.79 Å². The number of aryl methyl sites for hydroxylation is 1. The van der Waals surface area contributed by atoms with Crippen LogP contribution in [-0.4, -0.2) is 48.4 Å². The molecule has 0 saturated carbocycles. The first-order valence-electron chi connectivity index (χ1n) is 8.88. The van der Waals surface area contributed by atoms with Gasteiger partial charge in [0.1, 0.15) is 12.7 Å². The summed E-state index contributed by atoms with van der Waals surface area (Å²) in [5.41, 5.74) is 0.988. The SMILES string of the molecule is Cc1csc(C(=O)N2CCC(Cn3nc(-n4cncn4)ccc3=O)CC2)c1. The van der Waals surface area contributed by atoms with E-state index in [-0.39, 0.29) is 11.5 Å². The maximum atomic E-state index is 12.6. The molecule has 0 radical (unpaired) electrons. The number of aromatic nitrogens is 5. The van der Waals surface area contributed by atoms with Crippen LogP contribution in [0.5, 0.6) is 0 Å². The van der Waals surface area contributed by atoms with Gasteiger partial charge in [-0.05, 0) is 48.8 Å². The van der Waals surface area contributed by atoms with E-state index in [0.29, 0.717) is 31.4 Å². The molecule has 140 valence electrons. The van der Waals surface area contributed by atoms with Crippen molar-refractivity contribution in [3.8, 4) is 5.82 Å². The second-order valence-corrected chi connectivity index (χ2v) is 7.69. The molecule has 1 fully saturated rings. The number of rotatable bonds is 4. The van der Waals surface area contributed by atoms with Crippen LogP contribution in [0.2, 0.25) is 0 Å². The second-order valence-electron chi connectivity index (χ2n) is 6.78. The van der Waals surface area contributed by atoms with Gasteiger partial charge in [-0.2, -0.15) is 5.10 Å². The molecule has 0 N–H and O–H groups in total. The van der Waals surface area contributed by atoms with E-state index in [1.165, 1.54) is 33.1 Å². The molecule has 0 spiro atoms. The van der Waals surface area contributed by atoms with Crippen molar-refractivity contribution in [1.82, 2.24) is 29.4 Å². The quantitative estimate of drug-likeness (QED) is 0.684. The molecular weight excluding hydrogens is 364 g/mol. The molecule has 1 amide bonds. The minimum Gasteiger partial charge on any atom is -0.338 e. The van der Waals surface area contributed by atoms with Crippen molar-refractivity contribution in [2.45, 2.75) is 26.3 Å². The molecule has 9 heteroatoms. The lowest BCUT2D eigenvalue weighted by atomic mass is 9.96. The summed E-state index contributed by atoms with van der Waals surface area (Å²) in [5.74, 6) is 0.984. The van der Waals surface area contributed by atoms with Crippen LogP contribution in [0.25, 0.3) is 5.82 Å². The highest BCUT2D eigenvalue weighted by atomic mass is 32.1. The molecule has 0 atom stereocenters. The number of hydrogen-bond acceptors (Lipinski definition) is 6. The molecule has 3 aromatic heterocycles. The molecule has 1 saturated heterocycles. The Morgan fingerprint density at radius 1 is 1.30 bits per heavy atom. The highest BCUT2D eigenvalue weighted by Crippen LogP contribution is 2.22. The van der Waals surface area contributed by atoms with Crippen LogP contribution in [-0.2, 0) is 6.54 Å². The van der Waals surface area contributed by atoms with E-state index in [1.807, 2.05) is 23.3 Å². The molecule has 0 aromatic carbocycles. The summed E-state index contributed by atoms with van der Waals surface area (Å²) in [5, 5.41) is 10.4. The van der Waals surface area contributed by atoms with Crippen molar-refractivity contribution in [2.75, 3.05) is 13.1 Å². The molecule has 0 bridgehead atoms. The summed E-state index contributed by atoms with van der Waals surface area (Å²) in [4.78, 5) is 31.3. The number of amides is 1. The number of piperidine rings is 1. The van der Waals surface area contributed by atoms with E-state index in [2.05, 4.69) is 15.2 Å². The Bertz CT molecular complexity index is 985. The number of carbonyl (C=O) groups is 1. The predicted octanol–water partition coefficient (Wildman–Crippen LogP) is 1.75. The molecule has 1 aliphatic rings. The van der Waals surface area contributed by atoms with Crippen LogP contribution < -0.4 is 5.56 Å². The standard InChI is InChI=1S/C18H20N6O2S/c1-13-8-15(27-10-13)18(26)22-6-4-14(5-7-22)9-23-17(25)3-2-16(21-23)24-12-19-11-20-24/h2-3,8,10-12,14H,4-7,9H2,1H3. The fourth-order valence-electron chi connectivity index (χ4n) is 3.28. The first kappa shape index (κ1) is 17.6. The molecule has 4 rings (SSSR count). The fourth-order valence-corrected chi connectivity index (χ4v) is 4.14. The van der Waals surface area contributed by atoms with Crippen LogP contribution in [0.1, 0.15) is 28.1 Å². The topological polar surface area (TPSA) is 85.9 Å². The molecule has 1 aliphatic heterocycles. The van der Waals surface area contributed by atoms with Gasteiger partial charge in [-0.15, -0.1) is 16.4 Å². The predicted molar refractivity (Wildman–Crippen MR) is 101 cm³/mol. The average Bonchev–Trinajstić information content (AvgIpc) is 3.35. The first-order valence-corrected chi connectivity index (χ1v) is 9.76. The zero-order valence-electron chi connectivity index (χ0n) is 15.0. The third-order valence-corrected chi connectivity index (χ3v) is 5.82. The van der Waals surface area contributed by atoms with E-state index in [9.17, 15) is 9.59 Å². The molecule has 4 heterocycles. The van der Waals surface area contributed by atoms with Crippen molar-refractivity contribution in [3.05, 3.63) is 57.0 Å². The van der Waals surface area contributed by atoms with E-state index < -0.39 is 0 Å². The number of thiophene rings is 1. The summed E-state index contributed by atoms with van der Waals surface area (Å²) in [6.45, 7) is 3.95. The molecular formula is C18H20N6O2S. The van der Waals surface area contributed by atoms with Crippen LogP contribution >= 0.6 is 11.3 Å². The van der Waals surface area contributed by atoms with Crippen LogP contribution in [0, 0.1) is 12.8 Å². The average molecular weight is 384 g/mol. The Morgan fingerprint density at radius 2 is 2.11 bits per heavy atom. The van der Waals surface area contributed by atoms with E-state index >= 15 is 0 Å². The minimum atomic E-state index is -0.133. The van der Waals surface area contributed by atoms with Crippen molar-refractivity contribution >= 4 is 17.2 Å². The van der Waals surface area contributed by atoms with E-state index in [4.69, 9.17) is 0 Å². The van der Waals surface area contributed by atoms with E-state index in [1.54, 1.807) is 12.4 Å². The fraction of sp³-hybridized carbons (Fsp3) is 0.389. The number of likely N-dealkylation sites (tertiary alicyclic amines) is 1. The van der Waals surface area contributed by atoms with Gasteiger partial charge in [-0.3, -0.25) is 9.59 Å². The highest BCUT2D eigenvalue weighted by molar-refractivity contribution is 7.12. The lowest BCUT2D eigenvalue weighted by Crippen LogP contribution is -2.40. The maximum absolute atomic E-state index is 12.6. The monoisotopic (exact) mass is 384 g/mol. The molecule has 8 nitrogen and oxygen atoms in total. The Kier molecular flexibility index (Phi) is 4.85. The van der Waals surface area contributed by atoms with Crippen molar-refractivity contribution in [3.63, 3.8) is 0 Å². The largest absolute Gasteiger partial charge is 0.338 e. The van der Waals surface area contributed by atoms with Gasteiger partial charge in [0, 0.05) is 25.7 Å². The van der Waals surface area contributed by atoms with E-state index in [0.717, 1.165) is 23.3 Å². The third-order valence-electron chi connectivity index (χ3n) is 4.78. The Hall–Kier alpha value is -2.81. The lowest BCUT2D eigenvalue weighted by Gasteiger charge is -2.31. The summed E-state index contributed by atoms with van der Waals surface area (Å²) in [6, 6.07) is 5.08. The molecule has 3 aromatic rings. The van der Waals surface area contributed by atoms with Gasteiger partial charge in [0.25, 0.3) is 11.5 Å². The van der Waals surface area contributed by atoms with Crippen molar-refractivity contribution in [1.29, 1.82) is 0 Å². The van der Waals surface area contributed by atoms with Crippen LogP contribution in [0.4, 0.5) is 0 Å². The van der Waals surface area contributed by atoms with Gasteiger partial charge in [-0.1, -0.05) is 0 Å². The van der Waals surface area contributed by atoms with Gasteiger partial charge in [0.15, 0.2) is 5.82 Å². The van der Waals surface area contributed by atoms with Gasteiger partial charge < -0.3 is 4.90 Å². The smallest absolute Gasteiger partial charge is 0.266 e. The van der Waals surface area contributed by atoms with Crippen molar-refractivity contribution in [2.24, 2.45) is 5.92 Å². The maximum Gasteiger partial charge on any atom is 0.266 e. The summed E-state index contributed by atoms with van der Waals surface area (Å²) in [6.07, 6.45) is 4.70. The molecule has 0 aliphatic carbocycles. The lowest BCUT2D eigenvalue weighted by molar-refractivity contribution is 0.0685. The third kappa shape index (κ3) is 3.82. The first-order chi connectivity index (χ1) is 13.1. The number of nitrogens with zero attached hydrogens (tertiary/aromatic N) is 6. The minimum absolute atomic E-state index is 0.107.